The fourth-order valence-electron chi connectivity index (χ4n) is 3.38. The first-order chi connectivity index (χ1) is 9.63. The second-order valence-corrected chi connectivity index (χ2v) is 5.96. The summed E-state index contributed by atoms with van der Waals surface area (Å²) in [5.41, 5.74) is 4.14. The van der Waals surface area contributed by atoms with Crippen LogP contribution in [0.3, 0.4) is 0 Å². The molecule has 0 heterocycles. The van der Waals surface area contributed by atoms with E-state index in [0.717, 1.165) is 5.92 Å². The van der Waals surface area contributed by atoms with Gasteiger partial charge in [-0.3, -0.25) is 4.99 Å². The molecule has 1 aliphatic carbocycles. The van der Waals surface area contributed by atoms with E-state index in [9.17, 15) is 0 Å². The summed E-state index contributed by atoms with van der Waals surface area (Å²) >= 11 is 0. The SMILES string of the molecule is C=C=CN=CC(C(C)C=C)C(CC)C1CCC(=C)CC1. The van der Waals surface area contributed by atoms with Crippen LogP contribution in [-0.4, -0.2) is 6.21 Å². The van der Waals surface area contributed by atoms with Crippen molar-refractivity contribution in [1.82, 2.24) is 0 Å². The maximum absolute atomic E-state index is 4.35. The Kier molecular flexibility index (Phi) is 7.33. The first-order valence-electron chi connectivity index (χ1n) is 7.80. The van der Waals surface area contributed by atoms with E-state index in [1.165, 1.54) is 37.7 Å². The summed E-state index contributed by atoms with van der Waals surface area (Å²) in [5.74, 6) is 2.38. The predicted molar refractivity (Wildman–Crippen MR) is 89.9 cm³/mol. The van der Waals surface area contributed by atoms with Crippen molar-refractivity contribution < 1.29 is 0 Å². The molecule has 1 nitrogen and oxygen atoms in total. The highest BCUT2D eigenvalue weighted by molar-refractivity contribution is 5.62. The molecule has 0 aliphatic heterocycles. The Morgan fingerprint density at radius 2 is 2.05 bits per heavy atom. The molecule has 3 atom stereocenters. The zero-order chi connectivity index (χ0) is 15.0. The standard InChI is InChI=1S/C19H29N/c1-6-13-20-14-19(16(5)7-2)18(8-3)17-11-9-15(4)10-12-17/h7,13-14,16-19H,1-2,4,8-12H2,3,5H3. The third-order valence-corrected chi connectivity index (χ3v) is 4.71. The minimum absolute atomic E-state index is 0.451. The second kappa shape index (κ2) is 8.76. The quantitative estimate of drug-likeness (QED) is 0.326. The van der Waals surface area contributed by atoms with Crippen molar-refractivity contribution in [2.45, 2.75) is 46.0 Å². The molecule has 0 radical (unpaired) electrons. The summed E-state index contributed by atoms with van der Waals surface area (Å²) in [6.07, 6.45) is 11.9. The summed E-state index contributed by atoms with van der Waals surface area (Å²) in [4.78, 5) is 4.35. The van der Waals surface area contributed by atoms with Crippen LogP contribution < -0.4 is 0 Å². The Bertz CT molecular complexity index is 388. The molecule has 1 fully saturated rings. The van der Waals surface area contributed by atoms with Crippen molar-refractivity contribution in [3.63, 3.8) is 0 Å². The molecule has 1 heteroatoms. The largest absolute Gasteiger partial charge is 0.260 e. The summed E-state index contributed by atoms with van der Waals surface area (Å²) in [7, 11) is 0. The van der Waals surface area contributed by atoms with Crippen LogP contribution in [0.15, 0.2) is 48.3 Å². The lowest BCUT2D eigenvalue weighted by Crippen LogP contribution is -2.30. The van der Waals surface area contributed by atoms with Gasteiger partial charge in [0.25, 0.3) is 0 Å². The maximum Gasteiger partial charge on any atom is 0.0676 e. The number of aliphatic imine (C=N–C) groups is 1. The highest BCUT2D eigenvalue weighted by atomic mass is 14.7. The lowest BCUT2D eigenvalue weighted by molar-refractivity contribution is 0.203. The lowest BCUT2D eigenvalue weighted by atomic mass is 9.69. The van der Waals surface area contributed by atoms with E-state index < -0.39 is 0 Å². The molecule has 0 aromatic rings. The molecular formula is C19H29N. The molecule has 0 saturated heterocycles. The number of allylic oxidation sites excluding steroid dienone is 2. The van der Waals surface area contributed by atoms with Crippen LogP contribution in [0.1, 0.15) is 46.0 Å². The minimum atomic E-state index is 0.451. The van der Waals surface area contributed by atoms with E-state index in [2.05, 4.69) is 56.6 Å². The normalized spacial score (nSPS) is 21.2. The van der Waals surface area contributed by atoms with Crippen LogP contribution in [-0.2, 0) is 0 Å². The first kappa shape index (κ1) is 16.7. The Morgan fingerprint density at radius 3 is 2.55 bits per heavy atom. The van der Waals surface area contributed by atoms with Crippen molar-refractivity contribution in [1.29, 1.82) is 0 Å². The summed E-state index contributed by atoms with van der Waals surface area (Å²) < 4.78 is 0. The van der Waals surface area contributed by atoms with Gasteiger partial charge in [-0.15, -0.1) is 12.3 Å². The Balaban J connectivity index is 2.86. The summed E-state index contributed by atoms with van der Waals surface area (Å²) in [5, 5.41) is 0. The van der Waals surface area contributed by atoms with E-state index in [1.54, 1.807) is 6.20 Å². The number of nitrogens with zero attached hydrogens (tertiary/aromatic N) is 1. The van der Waals surface area contributed by atoms with Gasteiger partial charge in [-0.05, 0) is 43.4 Å². The van der Waals surface area contributed by atoms with Crippen molar-refractivity contribution in [2.24, 2.45) is 28.7 Å². The Morgan fingerprint density at radius 1 is 1.40 bits per heavy atom. The molecular weight excluding hydrogens is 242 g/mol. The maximum atomic E-state index is 4.35. The summed E-state index contributed by atoms with van der Waals surface area (Å²) in [6.45, 7) is 16.2. The lowest BCUT2D eigenvalue weighted by Gasteiger charge is -2.36. The van der Waals surface area contributed by atoms with Crippen LogP contribution in [0.5, 0.6) is 0 Å². The van der Waals surface area contributed by atoms with E-state index in [4.69, 9.17) is 0 Å². The van der Waals surface area contributed by atoms with Gasteiger partial charge in [-0.1, -0.05) is 45.1 Å². The zero-order valence-electron chi connectivity index (χ0n) is 13.1. The smallest absolute Gasteiger partial charge is 0.0676 e. The van der Waals surface area contributed by atoms with Gasteiger partial charge < -0.3 is 0 Å². The Hall–Kier alpha value is -1.33. The molecule has 0 aromatic carbocycles. The van der Waals surface area contributed by atoms with Gasteiger partial charge in [0.2, 0.25) is 0 Å². The third-order valence-electron chi connectivity index (χ3n) is 4.71. The molecule has 0 bridgehead atoms. The molecule has 1 saturated carbocycles. The van der Waals surface area contributed by atoms with Crippen LogP contribution in [0.25, 0.3) is 0 Å². The number of hydrogen-bond donors (Lipinski definition) is 0. The van der Waals surface area contributed by atoms with Crippen LogP contribution in [0.2, 0.25) is 0 Å². The molecule has 0 aromatic heterocycles. The average Bonchev–Trinajstić information content (AvgIpc) is 2.47. The average molecular weight is 271 g/mol. The zero-order valence-corrected chi connectivity index (χ0v) is 13.1. The first-order valence-corrected chi connectivity index (χ1v) is 7.80. The molecule has 1 aliphatic rings. The third kappa shape index (κ3) is 4.65. The minimum Gasteiger partial charge on any atom is -0.260 e. The van der Waals surface area contributed by atoms with Crippen molar-refractivity contribution in [2.75, 3.05) is 0 Å². The van der Waals surface area contributed by atoms with E-state index >= 15 is 0 Å². The topological polar surface area (TPSA) is 12.4 Å². The second-order valence-electron chi connectivity index (χ2n) is 5.96. The van der Waals surface area contributed by atoms with E-state index in [1.807, 2.05) is 0 Å². The Labute approximate surface area is 124 Å². The highest BCUT2D eigenvalue weighted by Crippen LogP contribution is 2.39. The number of hydrogen-bond acceptors (Lipinski definition) is 1. The predicted octanol–water partition coefficient (Wildman–Crippen LogP) is 5.57. The van der Waals surface area contributed by atoms with E-state index in [-0.39, 0.29) is 0 Å². The monoisotopic (exact) mass is 271 g/mol. The molecule has 0 spiro atoms. The van der Waals surface area contributed by atoms with Gasteiger partial charge in [-0.25, -0.2) is 0 Å². The van der Waals surface area contributed by atoms with Crippen molar-refractivity contribution in [3.05, 3.63) is 43.3 Å². The highest BCUT2D eigenvalue weighted by Gasteiger charge is 2.31. The number of rotatable bonds is 7. The molecule has 3 unspecified atom stereocenters. The van der Waals surface area contributed by atoms with E-state index in [0.29, 0.717) is 17.8 Å². The fourth-order valence-corrected chi connectivity index (χ4v) is 3.38. The van der Waals surface area contributed by atoms with Gasteiger partial charge >= 0.3 is 0 Å². The molecule has 1 rings (SSSR count). The molecule has 0 N–H and O–H groups in total. The van der Waals surface area contributed by atoms with Crippen LogP contribution in [0, 0.1) is 23.7 Å². The molecule has 110 valence electrons. The van der Waals surface area contributed by atoms with Crippen molar-refractivity contribution >= 4 is 6.21 Å². The van der Waals surface area contributed by atoms with Gasteiger partial charge in [0, 0.05) is 12.1 Å². The van der Waals surface area contributed by atoms with Crippen LogP contribution >= 0.6 is 0 Å². The molecule has 20 heavy (non-hydrogen) atoms. The summed E-state index contributed by atoms with van der Waals surface area (Å²) in [6, 6.07) is 0. The van der Waals surface area contributed by atoms with Crippen molar-refractivity contribution in [3.8, 4) is 0 Å². The van der Waals surface area contributed by atoms with Gasteiger partial charge in [0.1, 0.15) is 0 Å². The van der Waals surface area contributed by atoms with Gasteiger partial charge in [-0.2, -0.15) is 0 Å². The van der Waals surface area contributed by atoms with Gasteiger partial charge in [0.05, 0.1) is 6.20 Å². The van der Waals surface area contributed by atoms with Crippen LogP contribution in [0.4, 0.5) is 0 Å². The fraction of sp³-hybridized carbons (Fsp3) is 0.579. The molecule has 0 amide bonds. The van der Waals surface area contributed by atoms with Gasteiger partial charge in [0.15, 0.2) is 0 Å².